The summed E-state index contributed by atoms with van der Waals surface area (Å²) < 4.78 is 43.3. The van der Waals surface area contributed by atoms with Gasteiger partial charge in [-0.3, -0.25) is 14.3 Å². The molecule has 11 nitrogen and oxygen atoms in total. The second-order valence-corrected chi connectivity index (χ2v) is 13.0. The van der Waals surface area contributed by atoms with E-state index in [0.29, 0.717) is 36.3 Å². The summed E-state index contributed by atoms with van der Waals surface area (Å²) in [4.78, 5) is 32.8. The number of sulfonamides is 1. The number of methoxy groups -OCH3 is 2. The monoisotopic (exact) mass is 656 g/mol. The molecule has 0 fully saturated rings. The van der Waals surface area contributed by atoms with Gasteiger partial charge in [-0.25, -0.2) is 13.4 Å². The largest absolute Gasteiger partial charge is 0.493 e. The number of benzene rings is 3. The van der Waals surface area contributed by atoms with E-state index in [1.807, 2.05) is 45.7 Å². The lowest BCUT2D eigenvalue weighted by Gasteiger charge is -2.25. The minimum absolute atomic E-state index is 0.163. The third-order valence-electron chi connectivity index (χ3n) is 7.00. The molecule has 1 heterocycles. The van der Waals surface area contributed by atoms with Gasteiger partial charge in [-0.15, -0.1) is 0 Å². The lowest BCUT2D eigenvalue weighted by Crippen LogP contribution is -2.34. The van der Waals surface area contributed by atoms with Gasteiger partial charge in [-0.1, -0.05) is 55.8 Å². The van der Waals surface area contributed by atoms with Crippen molar-refractivity contribution < 1.29 is 32.2 Å². The number of aromatic nitrogens is 2. The highest BCUT2D eigenvalue weighted by atomic mass is 35.5. The fourth-order valence-corrected chi connectivity index (χ4v) is 5.60. The maximum Gasteiger partial charge on any atom is 0.271 e. The van der Waals surface area contributed by atoms with Crippen LogP contribution >= 0.6 is 11.6 Å². The Morgan fingerprint density at radius 2 is 1.71 bits per heavy atom. The summed E-state index contributed by atoms with van der Waals surface area (Å²) in [6.07, 6.45) is 1.65. The summed E-state index contributed by atoms with van der Waals surface area (Å²) in [5.41, 5.74) is 2.61. The van der Waals surface area contributed by atoms with Gasteiger partial charge >= 0.3 is 0 Å². The molecule has 0 bridgehead atoms. The number of rotatable bonds is 14. The average Bonchev–Trinajstić information content (AvgIpc) is 3.33. The van der Waals surface area contributed by atoms with Crippen molar-refractivity contribution in [1.29, 1.82) is 0 Å². The normalized spacial score (nSPS) is 11.4. The fraction of sp³-hybridized carbons (Fsp3) is 0.344. The number of para-hydroxylation sites is 3. The van der Waals surface area contributed by atoms with Gasteiger partial charge in [-0.2, -0.15) is 0 Å². The standard InChI is InChI=1S/C32H37ClN4O7S/c1-21(2)16-17-36(32(39)23-14-15-27(42-3)31(43-4)30(23)33)19-28-34-24-11-7-8-12-25(24)37(28)18-22-10-6-9-13-26(22)44-20-29(38)35-45(5,40)41/h6-15,21H,16-20H2,1-5H3,(H,35,38). The second-order valence-electron chi connectivity index (χ2n) is 10.9. The Hall–Kier alpha value is -4.29. The Balaban J connectivity index is 1.70. The molecule has 0 aliphatic rings. The van der Waals surface area contributed by atoms with Crippen LogP contribution in [0, 0.1) is 5.92 Å². The van der Waals surface area contributed by atoms with Crippen LogP contribution in [-0.4, -0.2) is 68.3 Å². The molecule has 1 N–H and O–H groups in total. The van der Waals surface area contributed by atoms with Crippen molar-refractivity contribution >= 4 is 44.5 Å². The van der Waals surface area contributed by atoms with Gasteiger partial charge in [0.25, 0.3) is 11.8 Å². The van der Waals surface area contributed by atoms with Crippen molar-refractivity contribution in [1.82, 2.24) is 19.2 Å². The molecule has 13 heteroatoms. The van der Waals surface area contributed by atoms with E-state index in [9.17, 15) is 18.0 Å². The topological polar surface area (TPSA) is 129 Å². The molecule has 240 valence electrons. The number of carbonyl (C=O) groups is 2. The Labute approximate surface area is 268 Å². The van der Waals surface area contributed by atoms with Crippen molar-refractivity contribution in [2.45, 2.75) is 33.4 Å². The number of amides is 2. The lowest BCUT2D eigenvalue weighted by atomic mass is 10.1. The van der Waals surface area contributed by atoms with Gasteiger partial charge in [0.15, 0.2) is 18.1 Å². The Morgan fingerprint density at radius 1 is 1.00 bits per heavy atom. The molecule has 0 radical (unpaired) electrons. The predicted molar refractivity (Wildman–Crippen MR) is 173 cm³/mol. The molecule has 0 unspecified atom stereocenters. The van der Waals surface area contributed by atoms with Crippen LogP contribution < -0.4 is 18.9 Å². The minimum Gasteiger partial charge on any atom is -0.493 e. The zero-order chi connectivity index (χ0) is 32.7. The molecule has 4 aromatic rings. The highest BCUT2D eigenvalue weighted by molar-refractivity contribution is 7.89. The quantitative estimate of drug-likeness (QED) is 0.203. The number of nitrogens with one attached hydrogen (secondary N) is 1. The van der Waals surface area contributed by atoms with Crippen LogP contribution in [0.5, 0.6) is 17.2 Å². The summed E-state index contributed by atoms with van der Waals surface area (Å²) in [5, 5.41) is 0.163. The van der Waals surface area contributed by atoms with Gasteiger partial charge in [-0.05, 0) is 42.7 Å². The molecule has 2 amide bonds. The number of imidazole rings is 1. The molecule has 0 saturated heterocycles. The van der Waals surface area contributed by atoms with Crippen molar-refractivity contribution in [2.75, 3.05) is 33.6 Å². The summed E-state index contributed by atoms with van der Waals surface area (Å²) in [6, 6.07) is 18.1. The summed E-state index contributed by atoms with van der Waals surface area (Å²) in [7, 11) is -0.742. The smallest absolute Gasteiger partial charge is 0.271 e. The second kappa shape index (κ2) is 14.7. The van der Waals surface area contributed by atoms with Crippen LogP contribution in [0.2, 0.25) is 5.02 Å². The number of nitrogens with zero attached hydrogens (tertiary/aromatic N) is 3. The lowest BCUT2D eigenvalue weighted by molar-refractivity contribution is -0.121. The van der Waals surface area contributed by atoms with Crippen LogP contribution in [0.15, 0.2) is 60.7 Å². The Morgan fingerprint density at radius 3 is 2.40 bits per heavy atom. The van der Waals surface area contributed by atoms with Crippen molar-refractivity contribution in [2.24, 2.45) is 5.92 Å². The van der Waals surface area contributed by atoms with Gasteiger partial charge in [0.2, 0.25) is 10.0 Å². The van der Waals surface area contributed by atoms with Crippen molar-refractivity contribution in [3.63, 3.8) is 0 Å². The van der Waals surface area contributed by atoms with Gasteiger partial charge in [0.05, 0.1) is 55.2 Å². The maximum atomic E-state index is 14.0. The highest BCUT2D eigenvalue weighted by Crippen LogP contribution is 2.38. The summed E-state index contributed by atoms with van der Waals surface area (Å²) in [6.45, 7) is 4.65. The van der Waals surface area contributed by atoms with E-state index in [1.165, 1.54) is 14.2 Å². The molecule has 0 aliphatic carbocycles. The van der Waals surface area contributed by atoms with E-state index in [-0.39, 0.29) is 28.8 Å². The number of fused-ring (bicyclic) bond motifs is 1. The highest BCUT2D eigenvalue weighted by Gasteiger charge is 2.25. The Kier molecular flexibility index (Phi) is 10.9. The third-order valence-corrected chi connectivity index (χ3v) is 7.98. The number of hydrogen-bond acceptors (Lipinski definition) is 8. The Bertz CT molecular complexity index is 1790. The maximum absolute atomic E-state index is 14.0. The van der Waals surface area contributed by atoms with Crippen molar-refractivity contribution in [3.8, 4) is 17.2 Å². The van der Waals surface area contributed by atoms with E-state index < -0.39 is 22.5 Å². The van der Waals surface area contributed by atoms with E-state index >= 15 is 0 Å². The number of hydrogen-bond donors (Lipinski definition) is 1. The van der Waals surface area contributed by atoms with E-state index in [4.69, 9.17) is 30.8 Å². The third kappa shape index (κ3) is 8.46. The molecular weight excluding hydrogens is 620 g/mol. The summed E-state index contributed by atoms with van der Waals surface area (Å²) in [5.74, 6) is 1.02. The van der Waals surface area contributed by atoms with E-state index in [1.54, 1.807) is 29.2 Å². The van der Waals surface area contributed by atoms with Gasteiger partial charge < -0.3 is 23.7 Å². The zero-order valence-electron chi connectivity index (χ0n) is 25.9. The number of carbonyl (C=O) groups excluding carboxylic acids is 2. The van der Waals surface area contributed by atoms with Crippen molar-refractivity contribution in [3.05, 3.63) is 82.6 Å². The van der Waals surface area contributed by atoms with Gasteiger partial charge in [0.1, 0.15) is 11.6 Å². The minimum atomic E-state index is -3.71. The first-order valence-corrected chi connectivity index (χ1v) is 16.5. The van der Waals surface area contributed by atoms with Crippen LogP contribution in [0.1, 0.15) is 42.0 Å². The number of ether oxygens (including phenoxy) is 3. The first-order valence-electron chi connectivity index (χ1n) is 14.3. The molecule has 0 spiro atoms. The van der Waals surface area contributed by atoms with Crippen LogP contribution in [0.4, 0.5) is 0 Å². The average molecular weight is 657 g/mol. The van der Waals surface area contributed by atoms with E-state index in [0.717, 1.165) is 29.3 Å². The van der Waals surface area contributed by atoms with Crippen LogP contribution in [0.3, 0.4) is 0 Å². The SMILES string of the molecule is COc1ccc(C(=O)N(CCC(C)C)Cc2nc3ccccc3n2Cc2ccccc2OCC(=O)NS(C)(=O)=O)c(Cl)c1OC. The molecule has 4 rings (SSSR count). The fourth-order valence-electron chi connectivity index (χ4n) is 4.81. The van der Waals surface area contributed by atoms with Crippen LogP contribution in [0.25, 0.3) is 11.0 Å². The number of halogens is 1. The molecule has 0 aliphatic heterocycles. The van der Waals surface area contributed by atoms with Crippen LogP contribution in [-0.2, 0) is 27.9 Å². The van der Waals surface area contributed by atoms with E-state index in [2.05, 4.69) is 13.8 Å². The first-order chi connectivity index (χ1) is 21.4. The summed E-state index contributed by atoms with van der Waals surface area (Å²) >= 11 is 6.66. The first kappa shape index (κ1) is 33.6. The van der Waals surface area contributed by atoms with Gasteiger partial charge in [0, 0.05) is 12.1 Å². The molecular formula is C32H37ClN4O7S. The predicted octanol–water partition coefficient (Wildman–Crippen LogP) is 4.90. The zero-order valence-corrected chi connectivity index (χ0v) is 27.4. The molecule has 45 heavy (non-hydrogen) atoms. The molecule has 0 saturated carbocycles. The molecule has 1 aromatic heterocycles. The molecule has 0 atom stereocenters. The molecule has 3 aromatic carbocycles.